The summed E-state index contributed by atoms with van der Waals surface area (Å²) in [7, 11) is -3.22. The third-order valence-electron chi connectivity index (χ3n) is 2.65. The first kappa shape index (κ1) is 14.7. The number of amides is 1. The van der Waals surface area contributed by atoms with Gasteiger partial charge in [0.05, 0.1) is 4.90 Å². The number of nitrogens with one attached hydrogen (secondary N) is 1. The number of rotatable bonds is 3. The lowest BCUT2D eigenvalue weighted by molar-refractivity contribution is 0.102. The predicted octanol–water partition coefficient (Wildman–Crippen LogP) is 3.10. The van der Waals surface area contributed by atoms with Crippen LogP contribution in [0.5, 0.6) is 0 Å². The van der Waals surface area contributed by atoms with Crippen molar-refractivity contribution >= 4 is 37.4 Å². The first-order chi connectivity index (χ1) is 9.36. The number of carbonyl (C=O) groups excluding carboxylic acids is 1. The minimum atomic E-state index is -3.22. The summed E-state index contributed by atoms with van der Waals surface area (Å²) in [6, 6.07) is 13.0. The quantitative estimate of drug-likeness (QED) is 0.921. The maximum absolute atomic E-state index is 12.0. The van der Waals surface area contributed by atoms with Crippen LogP contribution in [-0.2, 0) is 9.84 Å². The average Bonchev–Trinajstić information content (AvgIpc) is 2.39. The Kier molecular flexibility index (Phi) is 4.25. The van der Waals surface area contributed by atoms with E-state index >= 15 is 0 Å². The fourth-order valence-electron chi connectivity index (χ4n) is 1.59. The number of carbonyl (C=O) groups is 1. The van der Waals surface area contributed by atoms with Crippen molar-refractivity contribution in [1.82, 2.24) is 0 Å². The molecule has 2 aromatic rings. The molecule has 0 aliphatic rings. The molecule has 0 fully saturated rings. The summed E-state index contributed by atoms with van der Waals surface area (Å²) in [6.45, 7) is 0. The zero-order valence-corrected chi connectivity index (χ0v) is 13.0. The molecule has 0 aromatic heterocycles. The molecule has 0 saturated carbocycles. The highest BCUT2D eigenvalue weighted by Gasteiger charge is 2.08. The first-order valence-electron chi connectivity index (χ1n) is 5.73. The van der Waals surface area contributed by atoms with Crippen LogP contribution in [0.2, 0.25) is 0 Å². The van der Waals surface area contributed by atoms with Gasteiger partial charge in [0.15, 0.2) is 9.84 Å². The van der Waals surface area contributed by atoms with E-state index in [9.17, 15) is 13.2 Å². The Hall–Kier alpha value is -1.66. The summed E-state index contributed by atoms with van der Waals surface area (Å²) < 4.78 is 23.6. The van der Waals surface area contributed by atoms with Crippen molar-refractivity contribution in [2.75, 3.05) is 11.6 Å². The van der Waals surface area contributed by atoms with Gasteiger partial charge in [-0.1, -0.05) is 15.9 Å². The molecule has 0 spiro atoms. The first-order valence-corrected chi connectivity index (χ1v) is 8.42. The van der Waals surface area contributed by atoms with Gasteiger partial charge in [-0.05, 0) is 48.5 Å². The predicted molar refractivity (Wildman–Crippen MR) is 81.6 cm³/mol. The zero-order chi connectivity index (χ0) is 14.8. The Morgan fingerprint density at radius 3 is 2.05 bits per heavy atom. The lowest BCUT2D eigenvalue weighted by Crippen LogP contribution is -2.11. The SMILES string of the molecule is CS(=O)(=O)c1ccc(NC(=O)c2ccc(Br)cc2)cc1. The second kappa shape index (κ2) is 5.76. The van der Waals surface area contributed by atoms with Gasteiger partial charge in [-0.2, -0.15) is 0 Å². The normalized spacial score (nSPS) is 11.1. The molecule has 4 nitrogen and oxygen atoms in total. The molecule has 0 unspecified atom stereocenters. The Bertz CT molecular complexity index is 722. The second-order valence-electron chi connectivity index (χ2n) is 4.26. The molecule has 2 rings (SSSR count). The van der Waals surface area contributed by atoms with E-state index in [4.69, 9.17) is 0 Å². The van der Waals surface area contributed by atoms with E-state index in [0.717, 1.165) is 10.7 Å². The summed E-state index contributed by atoms with van der Waals surface area (Å²) in [5.74, 6) is -0.246. The largest absolute Gasteiger partial charge is 0.322 e. The van der Waals surface area contributed by atoms with Crippen molar-refractivity contribution in [3.8, 4) is 0 Å². The standard InChI is InChI=1S/C14H12BrNO3S/c1-20(18,19)13-8-6-12(7-9-13)16-14(17)10-2-4-11(15)5-3-10/h2-9H,1H3,(H,16,17). The molecule has 0 heterocycles. The number of hydrogen-bond donors (Lipinski definition) is 1. The van der Waals surface area contributed by atoms with E-state index in [1.54, 1.807) is 36.4 Å². The number of halogens is 1. The second-order valence-corrected chi connectivity index (χ2v) is 7.19. The van der Waals surface area contributed by atoms with Crippen molar-refractivity contribution in [1.29, 1.82) is 0 Å². The summed E-state index contributed by atoms with van der Waals surface area (Å²) in [5.41, 5.74) is 1.07. The van der Waals surface area contributed by atoms with Gasteiger partial charge in [-0.15, -0.1) is 0 Å². The van der Waals surface area contributed by atoms with Gasteiger partial charge in [0.25, 0.3) is 5.91 Å². The van der Waals surface area contributed by atoms with E-state index in [-0.39, 0.29) is 10.8 Å². The Morgan fingerprint density at radius 2 is 1.55 bits per heavy atom. The topological polar surface area (TPSA) is 63.2 Å². The van der Waals surface area contributed by atoms with Gasteiger partial charge in [0.1, 0.15) is 0 Å². The van der Waals surface area contributed by atoms with Crippen LogP contribution < -0.4 is 5.32 Å². The van der Waals surface area contributed by atoms with Crippen LogP contribution in [0.15, 0.2) is 57.9 Å². The number of anilines is 1. The summed E-state index contributed by atoms with van der Waals surface area (Å²) in [4.78, 5) is 12.2. The molecule has 0 aliphatic carbocycles. The zero-order valence-electron chi connectivity index (χ0n) is 10.6. The molecule has 2 aromatic carbocycles. The fraction of sp³-hybridized carbons (Fsp3) is 0.0714. The van der Waals surface area contributed by atoms with E-state index in [2.05, 4.69) is 21.2 Å². The number of hydrogen-bond acceptors (Lipinski definition) is 3. The third kappa shape index (κ3) is 3.68. The van der Waals surface area contributed by atoms with Crippen molar-refractivity contribution < 1.29 is 13.2 Å². The molecule has 6 heteroatoms. The van der Waals surface area contributed by atoms with Gasteiger partial charge >= 0.3 is 0 Å². The summed E-state index contributed by atoms with van der Waals surface area (Å²) in [6.07, 6.45) is 1.14. The van der Waals surface area contributed by atoms with Crippen LogP contribution in [-0.4, -0.2) is 20.6 Å². The molecule has 0 atom stereocenters. The molecule has 0 bridgehead atoms. The summed E-state index contributed by atoms with van der Waals surface area (Å²) in [5, 5.41) is 2.71. The Labute approximate surface area is 125 Å². The maximum atomic E-state index is 12.0. The third-order valence-corrected chi connectivity index (χ3v) is 4.30. The van der Waals surface area contributed by atoms with E-state index in [1.807, 2.05) is 0 Å². The molecule has 20 heavy (non-hydrogen) atoms. The van der Waals surface area contributed by atoms with E-state index in [1.165, 1.54) is 12.1 Å². The smallest absolute Gasteiger partial charge is 0.255 e. The Morgan fingerprint density at radius 1 is 1.00 bits per heavy atom. The molecule has 104 valence electrons. The average molecular weight is 354 g/mol. The lowest BCUT2D eigenvalue weighted by atomic mass is 10.2. The van der Waals surface area contributed by atoms with Crippen molar-refractivity contribution in [2.45, 2.75) is 4.90 Å². The molecule has 0 saturated heterocycles. The van der Waals surface area contributed by atoms with Crippen LogP contribution in [0, 0.1) is 0 Å². The number of sulfone groups is 1. The minimum absolute atomic E-state index is 0.221. The van der Waals surface area contributed by atoms with Crippen LogP contribution in [0.25, 0.3) is 0 Å². The Balaban J connectivity index is 2.14. The van der Waals surface area contributed by atoms with Crippen LogP contribution >= 0.6 is 15.9 Å². The van der Waals surface area contributed by atoms with E-state index in [0.29, 0.717) is 11.3 Å². The van der Waals surface area contributed by atoms with Crippen molar-refractivity contribution in [3.05, 3.63) is 58.6 Å². The highest BCUT2D eigenvalue weighted by molar-refractivity contribution is 9.10. The van der Waals surface area contributed by atoms with Crippen molar-refractivity contribution in [2.24, 2.45) is 0 Å². The summed E-state index contributed by atoms with van der Waals surface area (Å²) >= 11 is 3.30. The van der Waals surface area contributed by atoms with Crippen LogP contribution in [0.3, 0.4) is 0 Å². The number of benzene rings is 2. The van der Waals surface area contributed by atoms with Crippen LogP contribution in [0.4, 0.5) is 5.69 Å². The van der Waals surface area contributed by atoms with Gasteiger partial charge < -0.3 is 5.32 Å². The lowest BCUT2D eigenvalue weighted by Gasteiger charge is -2.06. The molecule has 1 N–H and O–H groups in total. The minimum Gasteiger partial charge on any atom is -0.322 e. The molecular formula is C14H12BrNO3S. The fourth-order valence-corrected chi connectivity index (χ4v) is 2.48. The molecular weight excluding hydrogens is 342 g/mol. The highest BCUT2D eigenvalue weighted by Crippen LogP contribution is 2.16. The molecule has 0 aliphatic heterocycles. The van der Waals surface area contributed by atoms with Gasteiger partial charge in [-0.25, -0.2) is 8.42 Å². The molecule has 1 amide bonds. The van der Waals surface area contributed by atoms with Crippen LogP contribution in [0.1, 0.15) is 10.4 Å². The maximum Gasteiger partial charge on any atom is 0.255 e. The highest BCUT2D eigenvalue weighted by atomic mass is 79.9. The van der Waals surface area contributed by atoms with Gasteiger partial charge in [0.2, 0.25) is 0 Å². The monoisotopic (exact) mass is 353 g/mol. The van der Waals surface area contributed by atoms with Crippen molar-refractivity contribution in [3.63, 3.8) is 0 Å². The van der Waals surface area contributed by atoms with Gasteiger partial charge in [0, 0.05) is 22.0 Å². The van der Waals surface area contributed by atoms with E-state index < -0.39 is 9.84 Å². The van der Waals surface area contributed by atoms with Gasteiger partial charge in [-0.3, -0.25) is 4.79 Å². The molecule has 0 radical (unpaired) electrons.